The molecule has 0 aliphatic rings. The average Bonchev–Trinajstić information content (AvgIpc) is 2.57. The van der Waals surface area contributed by atoms with Crippen LogP contribution in [-0.2, 0) is 7.05 Å². The number of rotatable bonds is 4. The van der Waals surface area contributed by atoms with Gasteiger partial charge in [-0.3, -0.25) is 9.48 Å². The van der Waals surface area contributed by atoms with E-state index in [1.807, 2.05) is 19.9 Å². The van der Waals surface area contributed by atoms with Gasteiger partial charge in [-0.1, -0.05) is 13.8 Å². The van der Waals surface area contributed by atoms with Gasteiger partial charge in [-0.05, 0) is 12.0 Å². The zero-order valence-corrected chi connectivity index (χ0v) is 10.7. The maximum atomic E-state index is 11.6. The van der Waals surface area contributed by atoms with Crippen molar-refractivity contribution in [1.82, 2.24) is 15.1 Å². The highest BCUT2D eigenvalue weighted by Crippen LogP contribution is 2.13. The Hall–Kier alpha value is -1.07. The van der Waals surface area contributed by atoms with E-state index < -0.39 is 0 Å². The van der Waals surface area contributed by atoms with Crippen LogP contribution in [0, 0.1) is 0 Å². The van der Waals surface area contributed by atoms with Crippen LogP contribution in [0.2, 0.25) is 0 Å². The highest BCUT2D eigenvalue weighted by atomic mass is 35.5. The molecule has 0 saturated heterocycles. The van der Waals surface area contributed by atoms with Crippen LogP contribution >= 0.6 is 12.4 Å². The zero-order chi connectivity index (χ0) is 11.4. The second-order valence-electron chi connectivity index (χ2n) is 3.78. The van der Waals surface area contributed by atoms with Crippen LogP contribution in [0.4, 0.5) is 0 Å². The molecule has 0 saturated carbocycles. The first kappa shape index (κ1) is 14.9. The quantitative estimate of drug-likeness (QED) is 0.820. The van der Waals surface area contributed by atoms with Gasteiger partial charge in [0.25, 0.3) is 5.91 Å². The summed E-state index contributed by atoms with van der Waals surface area (Å²) in [6.45, 7) is 5.02. The number of nitrogens with zero attached hydrogens (tertiary/aromatic N) is 2. The SMILES string of the molecule is CC(C)c1cc(C(=O)NCCN)n(C)n1.Cl. The number of aromatic nitrogens is 2. The van der Waals surface area contributed by atoms with Crippen molar-refractivity contribution in [2.24, 2.45) is 12.8 Å². The highest BCUT2D eigenvalue weighted by Gasteiger charge is 2.13. The molecule has 1 rings (SSSR count). The molecule has 1 heterocycles. The minimum Gasteiger partial charge on any atom is -0.349 e. The average molecular weight is 247 g/mol. The van der Waals surface area contributed by atoms with Gasteiger partial charge in [-0.15, -0.1) is 12.4 Å². The molecule has 0 fully saturated rings. The number of amides is 1. The van der Waals surface area contributed by atoms with Crippen LogP contribution in [0.15, 0.2) is 6.07 Å². The maximum absolute atomic E-state index is 11.6. The molecule has 6 heteroatoms. The van der Waals surface area contributed by atoms with Gasteiger partial charge in [0.15, 0.2) is 0 Å². The molecule has 0 unspecified atom stereocenters. The molecular weight excluding hydrogens is 228 g/mol. The summed E-state index contributed by atoms with van der Waals surface area (Å²) in [5, 5.41) is 6.98. The van der Waals surface area contributed by atoms with E-state index in [0.29, 0.717) is 24.7 Å². The Morgan fingerprint density at radius 2 is 2.25 bits per heavy atom. The summed E-state index contributed by atoms with van der Waals surface area (Å²) in [5.74, 6) is 0.203. The third-order valence-electron chi connectivity index (χ3n) is 2.15. The highest BCUT2D eigenvalue weighted by molar-refractivity contribution is 5.92. The smallest absolute Gasteiger partial charge is 0.269 e. The molecule has 92 valence electrons. The van der Waals surface area contributed by atoms with E-state index >= 15 is 0 Å². The summed E-state index contributed by atoms with van der Waals surface area (Å²) in [4.78, 5) is 11.6. The second kappa shape index (κ2) is 6.50. The van der Waals surface area contributed by atoms with Crippen LogP contribution in [-0.4, -0.2) is 28.8 Å². The van der Waals surface area contributed by atoms with Gasteiger partial charge in [0.2, 0.25) is 0 Å². The summed E-state index contributed by atoms with van der Waals surface area (Å²) in [6.07, 6.45) is 0. The normalized spacial score (nSPS) is 10.1. The molecule has 5 nitrogen and oxygen atoms in total. The fraction of sp³-hybridized carbons (Fsp3) is 0.600. The molecule has 1 amide bonds. The number of nitrogens with one attached hydrogen (secondary N) is 1. The first-order valence-corrected chi connectivity index (χ1v) is 5.08. The fourth-order valence-electron chi connectivity index (χ4n) is 1.26. The topological polar surface area (TPSA) is 72.9 Å². The van der Waals surface area contributed by atoms with Crippen LogP contribution in [0.3, 0.4) is 0 Å². The molecule has 1 aromatic heterocycles. The lowest BCUT2D eigenvalue weighted by molar-refractivity contribution is 0.0945. The number of carbonyl (C=O) groups is 1. The van der Waals surface area contributed by atoms with Crippen molar-refractivity contribution in [3.8, 4) is 0 Å². The maximum Gasteiger partial charge on any atom is 0.269 e. The molecule has 0 aliphatic carbocycles. The summed E-state index contributed by atoms with van der Waals surface area (Å²) < 4.78 is 1.60. The Bertz CT molecular complexity index is 349. The van der Waals surface area contributed by atoms with Gasteiger partial charge in [0.1, 0.15) is 5.69 Å². The Morgan fingerprint density at radius 1 is 1.62 bits per heavy atom. The van der Waals surface area contributed by atoms with Crippen molar-refractivity contribution < 1.29 is 4.79 Å². The van der Waals surface area contributed by atoms with E-state index in [1.54, 1.807) is 11.7 Å². The standard InChI is InChI=1S/C10H18N4O.ClH/c1-7(2)8-6-9(14(3)13-8)10(15)12-5-4-11;/h6-7H,4-5,11H2,1-3H3,(H,12,15);1H. The van der Waals surface area contributed by atoms with Gasteiger partial charge >= 0.3 is 0 Å². The second-order valence-corrected chi connectivity index (χ2v) is 3.78. The van der Waals surface area contributed by atoms with E-state index in [2.05, 4.69) is 10.4 Å². The van der Waals surface area contributed by atoms with E-state index in [0.717, 1.165) is 5.69 Å². The van der Waals surface area contributed by atoms with E-state index in [4.69, 9.17) is 5.73 Å². The zero-order valence-electron chi connectivity index (χ0n) is 9.86. The molecule has 0 radical (unpaired) electrons. The minimum atomic E-state index is -0.123. The van der Waals surface area contributed by atoms with Crippen molar-refractivity contribution in [2.45, 2.75) is 19.8 Å². The number of halogens is 1. The summed E-state index contributed by atoms with van der Waals surface area (Å²) in [5.41, 5.74) is 6.81. The van der Waals surface area contributed by atoms with E-state index in [1.165, 1.54) is 0 Å². The predicted octanol–water partition coefficient (Wildman–Crippen LogP) is 0.654. The van der Waals surface area contributed by atoms with Crippen LogP contribution < -0.4 is 11.1 Å². The number of hydrogen-bond donors (Lipinski definition) is 2. The van der Waals surface area contributed by atoms with Gasteiger partial charge in [0.05, 0.1) is 5.69 Å². The molecule has 1 aromatic rings. The van der Waals surface area contributed by atoms with Crippen molar-refractivity contribution in [1.29, 1.82) is 0 Å². The third kappa shape index (κ3) is 3.50. The predicted molar refractivity (Wildman–Crippen MR) is 65.9 cm³/mol. The molecule has 3 N–H and O–H groups in total. The van der Waals surface area contributed by atoms with Crippen LogP contribution in [0.25, 0.3) is 0 Å². The van der Waals surface area contributed by atoms with E-state index in [9.17, 15) is 4.79 Å². The van der Waals surface area contributed by atoms with Crippen molar-refractivity contribution in [3.63, 3.8) is 0 Å². The molecule has 0 spiro atoms. The van der Waals surface area contributed by atoms with Gasteiger partial charge < -0.3 is 11.1 Å². The Morgan fingerprint density at radius 3 is 2.69 bits per heavy atom. The molecule has 0 aromatic carbocycles. The largest absolute Gasteiger partial charge is 0.349 e. The van der Waals surface area contributed by atoms with E-state index in [-0.39, 0.29) is 18.3 Å². The molecule has 0 atom stereocenters. The number of hydrogen-bond acceptors (Lipinski definition) is 3. The lowest BCUT2D eigenvalue weighted by Gasteiger charge is -2.02. The Balaban J connectivity index is 0.00000225. The molecular formula is C10H19ClN4O. The van der Waals surface area contributed by atoms with Gasteiger partial charge in [-0.25, -0.2) is 0 Å². The number of nitrogens with two attached hydrogens (primary N) is 1. The Labute approximate surface area is 102 Å². The van der Waals surface area contributed by atoms with Gasteiger partial charge in [0, 0.05) is 20.1 Å². The molecule has 0 bridgehead atoms. The lowest BCUT2D eigenvalue weighted by atomic mass is 10.1. The van der Waals surface area contributed by atoms with Gasteiger partial charge in [-0.2, -0.15) is 5.10 Å². The Kier molecular flexibility index (Phi) is 6.06. The molecule has 0 aliphatic heterocycles. The third-order valence-corrected chi connectivity index (χ3v) is 2.15. The summed E-state index contributed by atoms with van der Waals surface area (Å²) >= 11 is 0. The number of aryl methyl sites for hydroxylation is 1. The minimum absolute atomic E-state index is 0. The molecule has 16 heavy (non-hydrogen) atoms. The number of carbonyl (C=O) groups excluding carboxylic acids is 1. The van der Waals surface area contributed by atoms with Crippen LogP contribution in [0.5, 0.6) is 0 Å². The first-order valence-electron chi connectivity index (χ1n) is 5.08. The monoisotopic (exact) mass is 246 g/mol. The van der Waals surface area contributed by atoms with Crippen molar-refractivity contribution in [2.75, 3.05) is 13.1 Å². The summed E-state index contributed by atoms with van der Waals surface area (Å²) in [7, 11) is 1.77. The fourth-order valence-corrected chi connectivity index (χ4v) is 1.26. The van der Waals surface area contributed by atoms with Crippen LogP contribution in [0.1, 0.15) is 35.9 Å². The first-order chi connectivity index (χ1) is 7.06. The van der Waals surface area contributed by atoms with Crippen molar-refractivity contribution >= 4 is 18.3 Å². The van der Waals surface area contributed by atoms with Crippen molar-refractivity contribution in [3.05, 3.63) is 17.5 Å². The summed E-state index contributed by atoms with van der Waals surface area (Å²) in [6, 6.07) is 1.82. The lowest BCUT2D eigenvalue weighted by Crippen LogP contribution is -2.30.